The molecule has 2 N–H and O–H groups in total. The molecule has 16 heavy (non-hydrogen) atoms. The van der Waals surface area contributed by atoms with Crippen molar-refractivity contribution in [2.24, 2.45) is 35.3 Å². The van der Waals surface area contributed by atoms with E-state index in [2.05, 4.69) is 0 Å². The van der Waals surface area contributed by atoms with Crippen LogP contribution in [0.15, 0.2) is 0 Å². The van der Waals surface area contributed by atoms with Crippen LogP contribution in [0.1, 0.15) is 57.8 Å². The van der Waals surface area contributed by atoms with E-state index in [9.17, 15) is 0 Å². The number of hydrogen-bond donors (Lipinski definition) is 1. The smallest absolute Gasteiger partial charge is 0.0155 e. The first-order chi connectivity index (χ1) is 7.72. The van der Waals surface area contributed by atoms with Gasteiger partial charge >= 0.3 is 0 Å². The minimum absolute atomic E-state index is 0.300. The Morgan fingerprint density at radius 2 is 1.44 bits per heavy atom. The Morgan fingerprint density at radius 3 is 1.94 bits per heavy atom. The maximum Gasteiger partial charge on any atom is 0.0155 e. The Morgan fingerprint density at radius 1 is 0.875 bits per heavy atom. The van der Waals surface area contributed by atoms with Crippen molar-refractivity contribution in [1.82, 2.24) is 0 Å². The highest BCUT2D eigenvalue weighted by molar-refractivity contribution is 5.02. The van der Waals surface area contributed by atoms with E-state index in [1.165, 1.54) is 25.7 Å². The minimum Gasteiger partial charge on any atom is -0.325 e. The van der Waals surface area contributed by atoms with E-state index >= 15 is 0 Å². The van der Waals surface area contributed by atoms with E-state index in [-0.39, 0.29) is 0 Å². The second-order valence-corrected chi connectivity index (χ2v) is 7.50. The molecule has 5 saturated carbocycles. The summed E-state index contributed by atoms with van der Waals surface area (Å²) in [5, 5.41) is 0. The van der Waals surface area contributed by atoms with Gasteiger partial charge in [0.25, 0.3) is 0 Å². The molecule has 90 valence electrons. The van der Waals surface area contributed by atoms with Crippen LogP contribution < -0.4 is 5.73 Å². The van der Waals surface area contributed by atoms with Crippen LogP contribution in [0.25, 0.3) is 0 Å². The number of rotatable bonds is 3. The predicted octanol–water partition coefficient (Wildman–Crippen LogP) is 3.33. The summed E-state index contributed by atoms with van der Waals surface area (Å²) in [5.74, 6) is 5.56. The van der Waals surface area contributed by atoms with Gasteiger partial charge in [0.15, 0.2) is 0 Å². The molecule has 4 bridgehead atoms. The lowest BCUT2D eigenvalue weighted by atomic mass is 9.51. The fraction of sp³-hybridized carbons (Fsp3) is 1.00. The van der Waals surface area contributed by atoms with Crippen molar-refractivity contribution in [3.05, 3.63) is 0 Å². The molecule has 0 saturated heterocycles. The monoisotopic (exact) mass is 219 g/mol. The average Bonchev–Trinajstić information content (AvgIpc) is 2.95. The minimum atomic E-state index is 0.300. The molecule has 0 atom stereocenters. The summed E-state index contributed by atoms with van der Waals surface area (Å²) in [6.07, 6.45) is 13.3. The molecule has 0 spiro atoms. The molecule has 5 rings (SSSR count). The normalized spacial score (nSPS) is 51.9. The summed E-state index contributed by atoms with van der Waals surface area (Å²) in [6, 6.07) is 0. The molecule has 5 fully saturated rings. The summed E-state index contributed by atoms with van der Waals surface area (Å²) in [5.41, 5.74) is 6.55. The summed E-state index contributed by atoms with van der Waals surface area (Å²) in [7, 11) is 0. The van der Waals surface area contributed by atoms with Gasteiger partial charge in [0.1, 0.15) is 0 Å². The van der Waals surface area contributed by atoms with Gasteiger partial charge in [0, 0.05) is 5.54 Å². The largest absolute Gasteiger partial charge is 0.325 e. The third-order valence-electron chi connectivity index (χ3n) is 6.29. The standard InChI is InChI=1S/C15H25N/c16-15(3-4-15)2-1-14-12-6-10-5-11(8-12)9-13(14)7-10/h10-14H,1-9,16H2. The maximum atomic E-state index is 6.25. The number of nitrogens with two attached hydrogens (primary N) is 1. The van der Waals surface area contributed by atoms with E-state index in [4.69, 9.17) is 5.73 Å². The zero-order chi connectivity index (χ0) is 10.8. The van der Waals surface area contributed by atoms with Crippen LogP contribution in [-0.4, -0.2) is 5.54 Å². The van der Waals surface area contributed by atoms with Crippen LogP contribution in [0.5, 0.6) is 0 Å². The van der Waals surface area contributed by atoms with Crippen molar-refractivity contribution in [1.29, 1.82) is 0 Å². The van der Waals surface area contributed by atoms with Gasteiger partial charge in [-0.3, -0.25) is 0 Å². The molecule has 0 aromatic heterocycles. The van der Waals surface area contributed by atoms with Crippen molar-refractivity contribution >= 4 is 0 Å². The molecule has 1 nitrogen and oxygen atoms in total. The van der Waals surface area contributed by atoms with Crippen molar-refractivity contribution in [3.8, 4) is 0 Å². The summed E-state index contributed by atoms with van der Waals surface area (Å²) in [4.78, 5) is 0. The van der Waals surface area contributed by atoms with E-state index in [1.807, 2.05) is 0 Å². The van der Waals surface area contributed by atoms with E-state index in [0.717, 1.165) is 29.6 Å². The second-order valence-electron chi connectivity index (χ2n) is 7.50. The van der Waals surface area contributed by atoms with Crippen LogP contribution in [0, 0.1) is 29.6 Å². The Hall–Kier alpha value is -0.0400. The molecular formula is C15H25N. The molecule has 5 aliphatic carbocycles. The van der Waals surface area contributed by atoms with Gasteiger partial charge in [-0.15, -0.1) is 0 Å². The van der Waals surface area contributed by atoms with Crippen molar-refractivity contribution < 1.29 is 0 Å². The lowest BCUT2D eigenvalue weighted by molar-refractivity contribution is -0.0410. The molecule has 0 aromatic carbocycles. The molecule has 5 aliphatic rings. The maximum absolute atomic E-state index is 6.25. The van der Waals surface area contributed by atoms with Crippen molar-refractivity contribution in [2.45, 2.75) is 63.3 Å². The quantitative estimate of drug-likeness (QED) is 0.774. The lowest BCUT2D eigenvalue weighted by Crippen LogP contribution is -2.45. The van der Waals surface area contributed by atoms with Crippen molar-refractivity contribution in [3.63, 3.8) is 0 Å². The Kier molecular flexibility index (Phi) is 2.02. The molecule has 0 radical (unpaired) electrons. The molecule has 1 heteroatoms. The van der Waals surface area contributed by atoms with Crippen LogP contribution in [0.2, 0.25) is 0 Å². The molecule has 0 heterocycles. The zero-order valence-electron chi connectivity index (χ0n) is 10.3. The average molecular weight is 219 g/mol. The van der Waals surface area contributed by atoms with Gasteiger partial charge in [-0.25, -0.2) is 0 Å². The lowest BCUT2D eigenvalue weighted by Gasteiger charge is -2.54. The first-order valence-electron chi connectivity index (χ1n) is 7.51. The van der Waals surface area contributed by atoms with E-state index in [0.29, 0.717) is 5.54 Å². The van der Waals surface area contributed by atoms with Crippen LogP contribution in [0.3, 0.4) is 0 Å². The second kappa shape index (κ2) is 3.25. The fourth-order valence-electron chi connectivity index (χ4n) is 5.37. The first-order valence-corrected chi connectivity index (χ1v) is 7.51. The third kappa shape index (κ3) is 1.54. The van der Waals surface area contributed by atoms with Gasteiger partial charge in [-0.1, -0.05) is 0 Å². The van der Waals surface area contributed by atoms with Gasteiger partial charge < -0.3 is 5.73 Å². The zero-order valence-corrected chi connectivity index (χ0v) is 10.3. The summed E-state index contributed by atoms with van der Waals surface area (Å²) in [6.45, 7) is 0. The molecule has 0 aromatic rings. The van der Waals surface area contributed by atoms with Gasteiger partial charge in [0.2, 0.25) is 0 Å². The number of hydrogen-bond acceptors (Lipinski definition) is 1. The predicted molar refractivity (Wildman–Crippen MR) is 65.9 cm³/mol. The summed E-state index contributed by atoms with van der Waals surface area (Å²) >= 11 is 0. The molecule has 0 aliphatic heterocycles. The highest BCUT2D eigenvalue weighted by Crippen LogP contribution is 2.58. The first kappa shape index (κ1) is 9.94. The van der Waals surface area contributed by atoms with Gasteiger partial charge in [-0.05, 0) is 87.4 Å². The molecule has 0 amide bonds. The van der Waals surface area contributed by atoms with E-state index < -0.39 is 0 Å². The van der Waals surface area contributed by atoms with Gasteiger partial charge in [0.05, 0.1) is 0 Å². The van der Waals surface area contributed by atoms with Crippen molar-refractivity contribution in [2.75, 3.05) is 0 Å². The van der Waals surface area contributed by atoms with Crippen LogP contribution in [0.4, 0.5) is 0 Å². The van der Waals surface area contributed by atoms with E-state index in [1.54, 1.807) is 32.1 Å². The SMILES string of the molecule is NC1(CCC2C3CC4CC(C3)CC2C4)CC1. The highest BCUT2D eigenvalue weighted by Gasteiger charge is 2.49. The third-order valence-corrected chi connectivity index (χ3v) is 6.29. The topological polar surface area (TPSA) is 26.0 Å². The molecule has 0 unspecified atom stereocenters. The van der Waals surface area contributed by atoms with Crippen LogP contribution in [-0.2, 0) is 0 Å². The fourth-order valence-corrected chi connectivity index (χ4v) is 5.37. The van der Waals surface area contributed by atoms with Gasteiger partial charge in [-0.2, -0.15) is 0 Å². The molecular weight excluding hydrogens is 194 g/mol. The Bertz CT molecular complexity index is 264. The Balaban J connectivity index is 1.44. The Labute approximate surface area is 99.2 Å². The summed E-state index contributed by atoms with van der Waals surface area (Å²) < 4.78 is 0. The highest BCUT2D eigenvalue weighted by atomic mass is 14.8. The van der Waals surface area contributed by atoms with Crippen LogP contribution >= 0.6 is 0 Å².